The van der Waals surface area contributed by atoms with Crippen LogP contribution in [0.25, 0.3) is 0 Å². The zero-order valence-electron chi connectivity index (χ0n) is 11.0. The third-order valence-corrected chi connectivity index (χ3v) is 3.58. The fraction of sp³-hybridized carbons (Fsp3) is 0.500. The highest BCUT2D eigenvalue weighted by atomic mass is 35.5. The Balaban J connectivity index is 2.07. The summed E-state index contributed by atoms with van der Waals surface area (Å²) in [5.41, 5.74) is 6.50. The number of ether oxygens (including phenoxy) is 1. The predicted octanol–water partition coefficient (Wildman–Crippen LogP) is 2.80. The molecule has 1 amide bonds. The average molecular weight is 283 g/mol. The number of benzene rings is 1. The van der Waals surface area contributed by atoms with Crippen molar-refractivity contribution in [3.05, 3.63) is 23.2 Å². The SMILES string of the molecule is CCOc1cc(Cl)ccc1NC(=O)C1CCC(N)C1. The zero-order valence-corrected chi connectivity index (χ0v) is 11.7. The molecule has 4 nitrogen and oxygen atoms in total. The topological polar surface area (TPSA) is 64.3 Å². The lowest BCUT2D eigenvalue weighted by Crippen LogP contribution is -2.23. The molecule has 1 aliphatic rings. The molecule has 0 heterocycles. The van der Waals surface area contributed by atoms with E-state index in [2.05, 4.69) is 5.32 Å². The maximum absolute atomic E-state index is 12.1. The number of anilines is 1. The van der Waals surface area contributed by atoms with E-state index in [4.69, 9.17) is 22.1 Å². The molecule has 1 aliphatic carbocycles. The van der Waals surface area contributed by atoms with Crippen LogP contribution in [0.5, 0.6) is 5.75 Å². The Labute approximate surface area is 118 Å². The molecule has 5 heteroatoms. The Bertz CT molecular complexity index is 465. The second kappa shape index (κ2) is 6.26. The standard InChI is InChI=1S/C14H19ClN2O2/c1-2-19-13-8-10(15)4-6-12(13)17-14(18)9-3-5-11(16)7-9/h4,6,8-9,11H,2-3,5,7,16H2,1H3,(H,17,18). The summed E-state index contributed by atoms with van der Waals surface area (Å²) in [5.74, 6) is 0.613. The third kappa shape index (κ3) is 3.61. The highest BCUT2D eigenvalue weighted by molar-refractivity contribution is 6.30. The van der Waals surface area contributed by atoms with Gasteiger partial charge in [-0.05, 0) is 38.3 Å². The van der Waals surface area contributed by atoms with E-state index in [1.54, 1.807) is 18.2 Å². The summed E-state index contributed by atoms with van der Waals surface area (Å²) in [6.07, 6.45) is 2.52. The van der Waals surface area contributed by atoms with E-state index in [-0.39, 0.29) is 17.9 Å². The summed E-state index contributed by atoms with van der Waals surface area (Å²) < 4.78 is 5.48. The molecule has 3 N–H and O–H groups in total. The molecular weight excluding hydrogens is 264 g/mol. The minimum absolute atomic E-state index is 0.000143. The van der Waals surface area contributed by atoms with E-state index in [1.165, 1.54) is 0 Å². The van der Waals surface area contributed by atoms with E-state index in [0.717, 1.165) is 19.3 Å². The molecule has 0 spiro atoms. The number of carbonyl (C=O) groups is 1. The summed E-state index contributed by atoms with van der Waals surface area (Å²) in [6, 6.07) is 5.36. The lowest BCUT2D eigenvalue weighted by atomic mass is 10.1. The van der Waals surface area contributed by atoms with Gasteiger partial charge in [0.1, 0.15) is 5.75 Å². The fourth-order valence-corrected chi connectivity index (χ4v) is 2.53. The molecule has 0 radical (unpaired) electrons. The van der Waals surface area contributed by atoms with Gasteiger partial charge in [-0.3, -0.25) is 4.79 Å². The van der Waals surface area contributed by atoms with Crippen molar-refractivity contribution in [2.45, 2.75) is 32.2 Å². The number of nitrogens with two attached hydrogens (primary N) is 1. The first-order valence-electron chi connectivity index (χ1n) is 6.59. The summed E-state index contributed by atoms with van der Waals surface area (Å²) in [4.78, 5) is 12.1. The Kier molecular flexibility index (Phi) is 4.66. The van der Waals surface area contributed by atoms with Crippen molar-refractivity contribution in [1.29, 1.82) is 0 Å². The van der Waals surface area contributed by atoms with Crippen LogP contribution in [0.15, 0.2) is 18.2 Å². The normalized spacial score (nSPS) is 22.3. The van der Waals surface area contributed by atoms with Gasteiger partial charge in [0.2, 0.25) is 5.91 Å². The second-order valence-electron chi connectivity index (χ2n) is 4.83. The highest BCUT2D eigenvalue weighted by Crippen LogP contribution is 2.30. The van der Waals surface area contributed by atoms with Crippen LogP contribution in [-0.4, -0.2) is 18.6 Å². The first-order chi connectivity index (χ1) is 9.10. The molecule has 2 unspecified atom stereocenters. The minimum Gasteiger partial charge on any atom is -0.492 e. The molecule has 0 aromatic heterocycles. The van der Waals surface area contributed by atoms with Crippen LogP contribution in [0.3, 0.4) is 0 Å². The first kappa shape index (κ1) is 14.2. The van der Waals surface area contributed by atoms with E-state index >= 15 is 0 Å². The number of hydrogen-bond acceptors (Lipinski definition) is 3. The highest BCUT2D eigenvalue weighted by Gasteiger charge is 2.28. The van der Waals surface area contributed by atoms with Crippen molar-refractivity contribution in [3.63, 3.8) is 0 Å². The van der Waals surface area contributed by atoms with E-state index in [9.17, 15) is 4.79 Å². The lowest BCUT2D eigenvalue weighted by molar-refractivity contribution is -0.119. The maximum Gasteiger partial charge on any atom is 0.227 e. The van der Waals surface area contributed by atoms with Gasteiger partial charge < -0.3 is 15.8 Å². The molecule has 0 aliphatic heterocycles. The molecule has 1 saturated carbocycles. The van der Waals surface area contributed by atoms with Crippen LogP contribution < -0.4 is 15.8 Å². The van der Waals surface area contributed by atoms with Gasteiger partial charge in [0.05, 0.1) is 12.3 Å². The van der Waals surface area contributed by atoms with E-state index in [0.29, 0.717) is 23.1 Å². The van der Waals surface area contributed by atoms with Crippen LogP contribution in [0.2, 0.25) is 5.02 Å². The minimum atomic E-state index is 0.000143. The van der Waals surface area contributed by atoms with Crippen LogP contribution in [0.1, 0.15) is 26.2 Å². The summed E-state index contributed by atoms with van der Waals surface area (Å²) in [5, 5.41) is 3.49. The van der Waals surface area contributed by atoms with Gasteiger partial charge in [-0.2, -0.15) is 0 Å². The summed E-state index contributed by atoms with van der Waals surface area (Å²) in [6.45, 7) is 2.42. The molecule has 1 fully saturated rings. The quantitative estimate of drug-likeness (QED) is 0.892. The molecule has 0 bridgehead atoms. The van der Waals surface area contributed by atoms with Crippen molar-refractivity contribution in [2.24, 2.45) is 11.7 Å². The van der Waals surface area contributed by atoms with Gasteiger partial charge in [0.25, 0.3) is 0 Å². The van der Waals surface area contributed by atoms with Crippen LogP contribution in [0, 0.1) is 5.92 Å². The molecule has 1 aromatic carbocycles. The Morgan fingerprint density at radius 1 is 1.53 bits per heavy atom. The third-order valence-electron chi connectivity index (χ3n) is 3.35. The number of nitrogens with one attached hydrogen (secondary N) is 1. The van der Waals surface area contributed by atoms with Gasteiger partial charge in [-0.15, -0.1) is 0 Å². The van der Waals surface area contributed by atoms with Crippen LogP contribution in [-0.2, 0) is 4.79 Å². The largest absolute Gasteiger partial charge is 0.492 e. The summed E-state index contributed by atoms with van der Waals surface area (Å²) >= 11 is 5.93. The predicted molar refractivity (Wildman–Crippen MR) is 76.6 cm³/mol. The van der Waals surface area contributed by atoms with Gasteiger partial charge in [-0.1, -0.05) is 11.6 Å². The number of halogens is 1. The van der Waals surface area contributed by atoms with Crippen molar-refractivity contribution >= 4 is 23.2 Å². The second-order valence-corrected chi connectivity index (χ2v) is 5.27. The smallest absolute Gasteiger partial charge is 0.227 e. The Hall–Kier alpha value is -1.26. The monoisotopic (exact) mass is 282 g/mol. The van der Waals surface area contributed by atoms with Crippen molar-refractivity contribution in [3.8, 4) is 5.75 Å². The van der Waals surface area contributed by atoms with Crippen LogP contribution in [0.4, 0.5) is 5.69 Å². The fourth-order valence-electron chi connectivity index (χ4n) is 2.36. The molecule has 0 saturated heterocycles. The molecule has 2 rings (SSSR count). The van der Waals surface area contributed by atoms with Gasteiger partial charge in [0, 0.05) is 23.0 Å². The molecule has 2 atom stereocenters. The molecule has 19 heavy (non-hydrogen) atoms. The van der Waals surface area contributed by atoms with E-state index in [1.807, 2.05) is 6.92 Å². The summed E-state index contributed by atoms with van der Waals surface area (Å²) in [7, 11) is 0. The Morgan fingerprint density at radius 3 is 2.95 bits per heavy atom. The van der Waals surface area contributed by atoms with Gasteiger partial charge in [0.15, 0.2) is 0 Å². The van der Waals surface area contributed by atoms with Crippen molar-refractivity contribution in [1.82, 2.24) is 0 Å². The number of rotatable bonds is 4. The van der Waals surface area contributed by atoms with Gasteiger partial charge >= 0.3 is 0 Å². The number of hydrogen-bond donors (Lipinski definition) is 2. The van der Waals surface area contributed by atoms with E-state index < -0.39 is 0 Å². The zero-order chi connectivity index (χ0) is 13.8. The van der Waals surface area contributed by atoms with Crippen LogP contribution >= 0.6 is 11.6 Å². The van der Waals surface area contributed by atoms with Gasteiger partial charge in [-0.25, -0.2) is 0 Å². The molecular formula is C14H19ClN2O2. The Morgan fingerprint density at radius 2 is 2.32 bits per heavy atom. The van der Waals surface area contributed by atoms with Crippen molar-refractivity contribution in [2.75, 3.05) is 11.9 Å². The number of carbonyl (C=O) groups excluding carboxylic acids is 1. The maximum atomic E-state index is 12.1. The first-order valence-corrected chi connectivity index (χ1v) is 6.96. The average Bonchev–Trinajstić information content (AvgIpc) is 2.80. The number of amides is 1. The molecule has 104 valence electrons. The lowest BCUT2D eigenvalue weighted by Gasteiger charge is -2.14. The molecule has 1 aromatic rings. The van der Waals surface area contributed by atoms with Crippen molar-refractivity contribution < 1.29 is 9.53 Å².